The fraction of sp³-hybridized carbons (Fsp3) is 0.538. The smallest absolute Gasteiger partial charge is 0.261 e. The molecule has 0 unspecified atom stereocenters. The summed E-state index contributed by atoms with van der Waals surface area (Å²) in [5.41, 5.74) is 0. The molecule has 1 heterocycles. The molecule has 18 heavy (non-hydrogen) atoms. The molecule has 4 nitrogen and oxygen atoms in total. The van der Waals surface area contributed by atoms with Crippen LogP contribution in [0.3, 0.4) is 0 Å². The Bertz CT molecular complexity index is 450. The summed E-state index contributed by atoms with van der Waals surface area (Å²) in [5, 5.41) is 6.45. The van der Waals surface area contributed by atoms with Crippen LogP contribution in [0.15, 0.2) is 12.1 Å². The van der Waals surface area contributed by atoms with Gasteiger partial charge in [0.25, 0.3) is 5.91 Å². The molecule has 0 spiro atoms. The van der Waals surface area contributed by atoms with E-state index in [9.17, 15) is 9.59 Å². The van der Waals surface area contributed by atoms with E-state index in [4.69, 9.17) is 0 Å². The summed E-state index contributed by atoms with van der Waals surface area (Å²) in [6.07, 6.45) is 1.97. The lowest BCUT2D eigenvalue weighted by atomic mass is 10.2. The highest BCUT2D eigenvalue weighted by atomic mass is 32.1. The maximum atomic E-state index is 11.8. The zero-order valence-electron chi connectivity index (χ0n) is 10.7. The van der Waals surface area contributed by atoms with Crippen LogP contribution in [-0.4, -0.2) is 18.4 Å². The van der Waals surface area contributed by atoms with Gasteiger partial charge in [0.2, 0.25) is 5.91 Å². The molecule has 5 heteroatoms. The largest absolute Gasteiger partial charge is 0.351 e. The van der Waals surface area contributed by atoms with Crippen LogP contribution in [0.1, 0.15) is 36.4 Å². The third-order valence-electron chi connectivity index (χ3n) is 2.70. The van der Waals surface area contributed by atoms with Crippen molar-refractivity contribution in [1.82, 2.24) is 5.32 Å². The van der Waals surface area contributed by atoms with Crippen molar-refractivity contribution in [3.05, 3.63) is 17.0 Å². The molecule has 2 N–H and O–H groups in total. The minimum atomic E-state index is -0.0689. The lowest BCUT2D eigenvalue weighted by molar-refractivity contribution is -0.117. The number of hydrogen-bond donors (Lipinski definition) is 2. The topological polar surface area (TPSA) is 58.2 Å². The number of rotatable bonds is 5. The molecule has 1 saturated carbocycles. The molecule has 1 aliphatic carbocycles. The number of carbonyl (C=O) groups excluding carboxylic acids is 2. The first-order valence-corrected chi connectivity index (χ1v) is 7.07. The number of nitrogens with one attached hydrogen (secondary N) is 2. The van der Waals surface area contributed by atoms with Gasteiger partial charge in [-0.1, -0.05) is 13.8 Å². The Morgan fingerprint density at radius 1 is 1.39 bits per heavy atom. The van der Waals surface area contributed by atoms with E-state index >= 15 is 0 Å². The molecule has 98 valence electrons. The van der Waals surface area contributed by atoms with Gasteiger partial charge in [0.1, 0.15) is 0 Å². The van der Waals surface area contributed by atoms with Gasteiger partial charge < -0.3 is 10.6 Å². The van der Waals surface area contributed by atoms with Crippen molar-refractivity contribution in [3.63, 3.8) is 0 Å². The molecule has 0 bridgehead atoms. The second-order valence-corrected chi connectivity index (χ2v) is 6.12. The molecule has 0 radical (unpaired) electrons. The van der Waals surface area contributed by atoms with Crippen molar-refractivity contribution in [2.24, 2.45) is 11.8 Å². The zero-order valence-corrected chi connectivity index (χ0v) is 11.5. The first kappa shape index (κ1) is 13.1. The lowest BCUT2D eigenvalue weighted by Gasteiger charge is -2.05. The Hall–Kier alpha value is -1.36. The number of thiophene rings is 1. The summed E-state index contributed by atoms with van der Waals surface area (Å²) in [5.74, 6) is 0.625. The van der Waals surface area contributed by atoms with Crippen LogP contribution >= 0.6 is 11.3 Å². The van der Waals surface area contributed by atoms with Gasteiger partial charge in [0.05, 0.1) is 9.88 Å². The summed E-state index contributed by atoms with van der Waals surface area (Å²) in [6, 6.07) is 3.54. The van der Waals surface area contributed by atoms with E-state index in [-0.39, 0.29) is 17.7 Å². The minimum absolute atomic E-state index is 0.0689. The van der Waals surface area contributed by atoms with E-state index in [1.54, 1.807) is 12.1 Å². The highest BCUT2D eigenvalue weighted by molar-refractivity contribution is 7.18. The summed E-state index contributed by atoms with van der Waals surface area (Å²) >= 11 is 1.32. The van der Waals surface area contributed by atoms with Gasteiger partial charge in [-0.3, -0.25) is 9.59 Å². The average molecular weight is 266 g/mol. The van der Waals surface area contributed by atoms with Crippen molar-refractivity contribution < 1.29 is 9.59 Å². The Kier molecular flexibility index (Phi) is 4.01. The van der Waals surface area contributed by atoms with Crippen molar-refractivity contribution in [2.45, 2.75) is 26.7 Å². The van der Waals surface area contributed by atoms with Gasteiger partial charge in [0, 0.05) is 12.5 Å². The normalized spacial score (nSPS) is 14.6. The van der Waals surface area contributed by atoms with Gasteiger partial charge in [-0.15, -0.1) is 11.3 Å². The van der Waals surface area contributed by atoms with E-state index in [0.717, 1.165) is 17.8 Å². The molecule has 0 saturated heterocycles. The predicted molar refractivity (Wildman–Crippen MR) is 72.8 cm³/mol. The monoisotopic (exact) mass is 266 g/mol. The van der Waals surface area contributed by atoms with Crippen LogP contribution in [0, 0.1) is 11.8 Å². The quantitative estimate of drug-likeness (QED) is 0.860. The van der Waals surface area contributed by atoms with Crippen molar-refractivity contribution in [2.75, 3.05) is 11.9 Å². The third kappa shape index (κ3) is 3.57. The number of anilines is 1. The third-order valence-corrected chi connectivity index (χ3v) is 3.69. The van der Waals surface area contributed by atoms with Crippen LogP contribution in [-0.2, 0) is 4.79 Å². The lowest BCUT2D eigenvalue weighted by Crippen LogP contribution is -2.26. The molecule has 0 aromatic carbocycles. The summed E-state index contributed by atoms with van der Waals surface area (Å²) in [6.45, 7) is 4.77. The number of carbonyl (C=O) groups is 2. The Morgan fingerprint density at radius 3 is 2.72 bits per heavy atom. The van der Waals surface area contributed by atoms with E-state index < -0.39 is 0 Å². The number of hydrogen-bond acceptors (Lipinski definition) is 3. The SMILES string of the molecule is CC(C)CNC(=O)c1ccc(NC(=O)C2CC2)s1. The van der Waals surface area contributed by atoms with E-state index in [1.165, 1.54) is 11.3 Å². The molecule has 0 atom stereocenters. The van der Waals surface area contributed by atoms with E-state index in [2.05, 4.69) is 24.5 Å². The van der Waals surface area contributed by atoms with Gasteiger partial charge in [-0.25, -0.2) is 0 Å². The van der Waals surface area contributed by atoms with Crippen LogP contribution in [0.5, 0.6) is 0 Å². The van der Waals surface area contributed by atoms with Crippen molar-refractivity contribution in [3.8, 4) is 0 Å². The maximum Gasteiger partial charge on any atom is 0.261 e. The first-order valence-electron chi connectivity index (χ1n) is 6.25. The Morgan fingerprint density at radius 2 is 2.11 bits per heavy atom. The summed E-state index contributed by atoms with van der Waals surface area (Å²) in [4.78, 5) is 24.0. The van der Waals surface area contributed by atoms with Crippen molar-refractivity contribution >= 4 is 28.2 Å². The van der Waals surface area contributed by atoms with Crippen LogP contribution < -0.4 is 10.6 Å². The van der Waals surface area contributed by atoms with Crippen LogP contribution in [0.25, 0.3) is 0 Å². The molecular formula is C13H18N2O2S. The summed E-state index contributed by atoms with van der Waals surface area (Å²) in [7, 11) is 0. The average Bonchev–Trinajstić information content (AvgIpc) is 3.07. The van der Waals surface area contributed by atoms with Gasteiger partial charge in [-0.05, 0) is 30.9 Å². The highest BCUT2D eigenvalue weighted by Gasteiger charge is 2.29. The molecular weight excluding hydrogens is 248 g/mol. The minimum Gasteiger partial charge on any atom is -0.351 e. The first-order chi connectivity index (χ1) is 8.56. The molecule has 1 aromatic rings. The van der Waals surface area contributed by atoms with Crippen molar-refractivity contribution in [1.29, 1.82) is 0 Å². The fourth-order valence-electron chi connectivity index (χ4n) is 1.48. The van der Waals surface area contributed by atoms with Crippen LogP contribution in [0.4, 0.5) is 5.00 Å². The molecule has 2 rings (SSSR count). The molecule has 1 aromatic heterocycles. The second kappa shape index (κ2) is 5.52. The predicted octanol–water partition coefficient (Wildman–Crippen LogP) is 2.48. The number of amides is 2. The molecule has 0 aliphatic heterocycles. The fourth-order valence-corrected chi connectivity index (χ4v) is 2.31. The Balaban J connectivity index is 1.88. The second-order valence-electron chi connectivity index (χ2n) is 5.03. The van der Waals surface area contributed by atoms with Crippen LogP contribution in [0.2, 0.25) is 0 Å². The zero-order chi connectivity index (χ0) is 13.1. The maximum absolute atomic E-state index is 11.8. The molecule has 1 fully saturated rings. The Labute approximate surface area is 111 Å². The van der Waals surface area contributed by atoms with Gasteiger partial charge in [-0.2, -0.15) is 0 Å². The standard InChI is InChI=1S/C13H18N2O2S/c1-8(2)7-14-13(17)10-5-6-11(18-10)15-12(16)9-3-4-9/h5-6,8-9H,3-4,7H2,1-2H3,(H,14,17)(H,15,16). The van der Waals surface area contributed by atoms with E-state index in [1.807, 2.05) is 0 Å². The molecule has 1 aliphatic rings. The molecule has 2 amide bonds. The van der Waals surface area contributed by atoms with Gasteiger partial charge in [0.15, 0.2) is 0 Å². The highest BCUT2D eigenvalue weighted by Crippen LogP contribution is 2.31. The summed E-state index contributed by atoms with van der Waals surface area (Å²) < 4.78 is 0. The van der Waals surface area contributed by atoms with E-state index in [0.29, 0.717) is 17.3 Å². The van der Waals surface area contributed by atoms with Gasteiger partial charge >= 0.3 is 0 Å².